The third kappa shape index (κ3) is 2.58. The van der Waals surface area contributed by atoms with Crippen LogP contribution in [0.25, 0.3) is 0 Å². The first-order valence-electron chi connectivity index (χ1n) is 6.62. The second kappa shape index (κ2) is 5.28. The highest BCUT2D eigenvalue weighted by atomic mass is 16.4. The van der Waals surface area contributed by atoms with Gasteiger partial charge in [0.15, 0.2) is 0 Å². The number of carbonyl (C=O) groups excluding carboxylic acids is 1. The van der Waals surface area contributed by atoms with Gasteiger partial charge in [0.25, 0.3) is 0 Å². The molecular formula is C16H14N2O3. The molecule has 0 aromatic heterocycles. The van der Waals surface area contributed by atoms with Gasteiger partial charge in [-0.2, -0.15) is 0 Å². The molecule has 1 amide bonds. The molecule has 5 nitrogen and oxygen atoms in total. The number of benzene rings is 2. The quantitative estimate of drug-likeness (QED) is 0.791. The van der Waals surface area contributed by atoms with Crippen LogP contribution in [0.1, 0.15) is 21.8 Å². The van der Waals surface area contributed by atoms with E-state index in [1.165, 1.54) is 12.1 Å². The van der Waals surface area contributed by atoms with Crippen LogP contribution in [0.15, 0.2) is 48.5 Å². The molecule has 3 rings (SSSR count). The van der Waals surface area contributed by atoms with Gasteiger partial charge in [-0.1, -0.05) is 30.3 Å². The predicted octanol–water partition coefficient (Wildman–Crippen LogP) is 2.53. The number of rotatable bonds is 2. The molecule has 0 radical (unpaired) electrons. The molecule has 5 heteroatoms. The molecular weight excluding hydrogens is 268 g/mol. The van der Waals surface area contributed by atoms with Gasteiger partial charge in [0, 0.05) is 6.54 Å². The average molecular weight is 282 g/mol. The molecule has 2 aromatic rings. The smallest absolute Gasteiger partial charge is 0.335 e. The fourth-order valence-corrected chi connectivity index (χ4v) is 2.41. The Labute approximate surface area is 121 Å². The fourth-order valence-electron chi connectivity index (χ4n) is 2.41. The fraction of sp³-hybridized carbons (Fsp3) is 0.125. The maximum Gasteiger partial charge on any atom is 0.335 e. The standard InChI is InChI=1S/C16H14N2O3/c19-15-12(10-4-2-1-3-5-10)9-17-14-8-11(16(20)21)6-7-13(14)18-15/h1-8,12,17H,9H2,(H,18,19)(H,20,21). The maximum atomic E-state index is 12.3. The van der Waals surface area contributed by atoms with Crippen LogP contribution in [0.2, 0.25) is 0 Å². The Morgan fingerprint density at radius 2 is 1.86 bits per heavy atom. The van der Waals surface area contributed by atoms with Crippen LogP contribution < -0.4 is 10.6 Å². The summed E-state index contributed by atoms with van der Waals surface area (Å²) in [6, 6.07) is 14.1. The Morgan fingerprint density at radius 1 is 1.10 bits per heavy atom. The van der Waals surface area contributed by atoms with Crippen molar-refractivity contribution in [2.45, 2.75) is 5.92 Å². The zero-order chi connectivity index (χ0) is 14.8. The van der Waals surface area contributed by atoms with Crippen LogP contribution in [0.4, 0.5) is 11.4 Å². The number of hydrogen-bond acceptors (Lipinski definition) is 3. The van der Waals surface area contributed by atoms with Crippen molar-refractivity contribution in [3.8, 4) is 0 Å². The minimum Gasteiger partial charge on any atom is -0.478 e. The van der Waals surface area contributed by atoms with Crippen LogP contribution in [0, 0.1) is 0 Å². The monoisotopic (exact) mass is 282 g/mol. The number of amides is 1. The van der Waals surface area contributed by atoms with Crippen molar-refractivity contribution in [1.82, 2.24) is 0 Å². The van der Waals surface area contributed by atoms with E-state index in [0.717, 1.165) is 5.56 Å². The number of carboxylic acid groups (broad SMARTS) is 1. The van der Waals surface area contributed by atoms with Gasteiger partial charge in [0.05, 0.1) is 22.9 Å². The van der Waals surface area contributed by atoms with Gasteiger partial charge in [0.2, 0.25) is 5.91 Å². The lowest BCUT2D eigenvalue weighted by Crippen LogP contribution is -2.23. The Balaban J connectivity index is 1.92. The SMILES string of the molecule is O=C(O)c1ccc2c(c1)NCC(c1ccccc1)C(=O)N2. The highest BCUT2D eigenvalue weighted by molar-refractivity contribution is 6.01. The number of nitrogens with one attached hydrogen (secondary N) is 2. The molecule has 0 aliphatic carbocycles. The maximum absolute atomic E-state index is 12.3. The zero-order valence-corrected chi connectivity index (χ0v) is 11.2. The molecule has 21 heavy (non-hydrogen) atoms. The summed E-state index contributed by atoms with van der Waals surface area (Å²) in [5.41, 5.74) is 2.34. The van der Waals surface area contributed by atoms with Crippen LogP contribution in [-0.2, 0) is 4.79 Å². The lowest BCUT2D eigenvalue weighted by Gasteiger charge is -2.13. The van der Waals surface area contributed by atoms with E-state index >= 15 is 0 Å². The van der Waals surface area contributed by atoms with E-state index in [9.17, 15) is 9.59 Å². The predicted molar refractivity (Wildman–Crippen MR) is 79.7 cm³/mol. The van der Waals surface area contributed by atoms with E-state index in [1.807, 2.05) is 30.3 Å². The van der Waals surface area contributed by atoms with E-state index < -0.39 is 5.97 Å². The first-order chi connectivity index (χ1) is 10.1. The summed E-state index contributed by atoms with van der Waals surface area (Å²) in [4.78, 5) is 23.3. The number of carbonyl (C=O) groups is 2. The van der Waals surface area contributed by atoms with Crippen molar-refractivity contribution < 1.29 is 14.7 Å². The second-order valence-electron chi connectivity index (χ2n) is 4.90. The van der Waals surface area contributed by atoms with Crippen molar-refractivity contribution in [3.63, 3.8) is 0 Å². The lowest BCUT2D eigenvalue weighted by atomic mass is 9.98. The number of carboxylic acids is 1. The number of hydrogen-bond donors (Lipinski definition) is 3. The van der Waals surface area contributed by atoms with Crippen molar-refractivity contribution in [1.29, 1.82) is 0 Å². The van der Waals surface area contributed by atoms with E-state index in [1.54, 1.807) is 6.07 Å². The van der Waals surface area contributed by atoms with Gasteiger partial charge in [-0.25, -0.2) is 4.79 Å². The Morgan fingerprint density at radius 3 is 2.57 bits per heavy atom. The van der Waals surface area contributed by atoms with Gasteiger partial charge in [-0.15, -0.1) is 0 Å². The summed E-state index contributed by atoms with van der Waals surface area (Å²) in [5.74, 6) is -1.41. The summed E-state index contributed by atoms with van der Waals surface area (Å²) in [5, 5.41) is 15.0. The molecule has 1 aliphatic heterocycles. The largest absolute Gasteiger partial charge is 0.478 e. The van der Waals surface area contributed by atoms with Gasteiger partial charge in [-0.3, -0.25) is 4.79 Å². The van der Waals surface area contributed by atoms with E-state index in [0.29, 0.717) is 17.9 Å². The summed E-state index contributed by atoms with van der Waals surface area (Å²) in [6.45, 7) is 0.423. The molecule has 0 saturated carbocycles. The van der Waals surface area contributed by atoms with E-state index in [2.05, 4.69) is 10.6 Å². The van der Waals surface area contributed by atoms with Crippen LogP contribution >= 0.6 is 0 Å². The van der Waals surface area contributed by atoms with Crippen LogP contribution in [0.3, 0.4) is 0 Å². The van der Waals surface area contributed by atoms with Crippen molar-refractivity contribution >= 4 is 23.3 Å². The highest BCUT2D eigenvalue weighted by Gasteiger charge is 2.25. The first kappa shape index (κ1) is 13.2. The Hall–Kier alpha value is -2.82. The minimum atomic E-state index is -0.991. The highest BCUT2D eigenvalue weighted by Crippen LogP contribution is 2.29. The molecule has 0 saturated heterocycles. The van der Waals surface area contributed by atoms with Crippen molar-refractivity contribution in [2.24, 2.45) is 0 Å². The third-order valence-electron chi connectivity index (χ3n) is 3.54. The van der Waals surface area contributed by atoms with Gasteiger partial charge in [0.1, 0.15) is 0 Å². The normalized spacial score (nSPS) is 17.1. The first-order valence-corrected chi connectivity index (χ1v) is 6.62. The molecule has 2 aromatic carbocycles. The van der Waals surface area contributed by atoms with Crippen molar-refractivity contribution in [2.75, 3.05) is 17.2 Å². The molecule has 1 aliphatic rings. The molecule has 1 unspecified atom stereocenters. The number of aromatic carboxylic acids is 1. The molecule has 1 heterocycles. The second-order valence-corrected chi connectivity index (χ2v) is 4.90. The minimum absolute atomic E-state index is 0.101. The molecule has 106 valence electrons. The molecule has 1 atom stereocenters. The summed E-state index contributed by atoms with van der Waals surface area (Å²) in [6.07, 6.45) is 0. The van der Waals surface area contributed by atoms with Gasteiger partial charge in [-0.05, 0) is 23.8 Å². The van der Waals surface area contributed by atoms with E-state index in [4.69, 9.17) is 5.11 Å². The molecule has 0 fully saturated rings. The topological polar surface area (TPSA) is 78.4 Å². The Kier molecular flexibility index (Phi) is 3.31. The Bertz CT molecular complexity index is 698. The molecule has 0 spiro atoms. The lowest BCUT2D eigenvalue weighted by molar-refractivity contribution is -0.117. The van der Waals surface area contributed by atoms with Gasteiger partial charge >= 0.3 is 5.97 Å². The zero-order valence-electron chi connectivity index (χ0n) is 11.2. The van der Waals surface area contributed by atoms with Crippen LogP contribution in [0.5, 0.6) is 0 Å². The van der Waals surface area contributed by atoms with Crippen LogP contribution in [-0.4, -0.2) is 23.5 Å². The number of fused-ring (bicyclic) bond motifs is 1. The van der Waals surface area contributed by atoms with Gasteiger partial charge < -0.3 is 15.7 Å². The molecule has 0 bridgehead atoms. The average Bonchev–Trinajstić information content (AvgIpc) is 2.65. The van der Waals surface area contributed by atoms with Crippen molar-refractivity contribution in [3.05, 3.63) is 59.7 Å². The summed E-state index contributed by atoms with van der Waals surface area (Å²) < 4.78 is 0. The molecule has 3 N–H and O–H groups in total. The summed E-state index contributed by atoms with van der Waals surface area (Å²) in [7, 11) is 0. The third-order valence-corrected chi connectivity index (χ3v) is 3.54. The van der Waals surface area contributed by atoms with E-state index in [-0.39, 0.29) is 17.4 Å². The summed E-state index contributed by atoms with van der Waals surface area (Å²) >= 11 is 0. The number of anilines is 2.